The Morgan fingerprint density at radius 3 is 3.10 bits per heavy atom. The first kappa shape index (κ1) is 15.8. The highest BCUT2D eigenvalue weighted by Crippen LogP contribution is 2.30. The number of amidine groups is 2. The smallest absolute Gasteiger partial charge is 0.177 e. The molecule has 1 aromatic heterocycles. The molecule has 8 heteroatoms. The molecule has 0 amide bonds. The molecule has 1 aliphatic heterocycles. The van der Waals surface area contributed by atoms with Crippen molar-refractivity contribution in [3.63, 3.8) is 0 Å². The SMILES string of the molecule is CCNCC1=NC(C(N)=NCCS)(c2ccn[nH]2)CN1C. The molecule has 0 bridgehead atoms. The second kappa shape index (κ2) is 6.95. The van der Waals surface area contributed by atoms with Crippen LogP contribution >= 0.6 is 12.6 Å². The van der Waals surface area contributed by atoms with Gasteiger partial charge in [0.1, 0.15) is 11.7 Å². The predicted octanol–water partition coefficient (Wildman–Crippen LogP) is -0.155. The van der Waals surface area contributed by atoms with Gasteiger partial charge in [-0.05, 0) is 12.6 Å². The van der Waals surface area contributed by atoms with E-state index in [0.29, 0.717) is 31.2 Å². The fourth-order valence-corrected chi connectivity index (χ4v) is 2.50. The lowest BCUT2D eigenvalue weighted by Gasteiger charge is -2.25. The number of hydrogen-bond donors (Lipinski definition) is 4. The number of nitrogens with zero attached hydrogens (tertiary/aromatic N) is 4. The first-order valence-electron chi connectivity index (χ1n) is 7.05. The zero-order valence-electron chi connectivity index (χ0n) is 12.5. The molecule has 0 saturated carbocycles. The molecule has 0 spiro atoms. The van der Waals surface area contributed by atoms with Crippen LogP contribution in [0.4, 0.5) is 0 Å². The van der Waals surface area contributed by atoms with E-state index in [1.165, 1.54) is 0 Å². The lowest BCUT2D eigenvalue weighted by atomic mass is 9.95. The third kappa shape index (κ3) is 3.21. The van der Waals surface area contributed by atoms with E-state index in [4.69, 9.17) is 10.7 Å². The average molecular weight is 309 g/mol. The van der Waals surface area contributed by atoms with Crippen LogP contribution < -0.4 is 11.1 Å². The Bertz CT molecular complexity index is 511. The van der Waals surface area contributed by atoms with Crippen LogP contribution in [-0.2, 0) is 5.54 Å². The predicted molar refractivity (Wildman–Crippen MR) is 89.2 cm³/mol. The van der Waals surface area contributed by atoms with Crippen molar-refractivity contribution in [3.8, 4) is 0 Å². The molecule has 1 aliphatic rings. The maximum atomic E-state index is 6.26. The Morgan fingerprint density at radius 2 is 2.48 bits per heavy atom. The van der Waals surface area contributed by atoms with Crippen molar-refractivity contribution in [2.75, 3.05) is 39.0 Å². The molecule has 1 unspecified atom stereocenters. The molecule has 4 N–H and O–H groups in total. The van der Waals surface area contributed by atoms with E-state index < -0.39 is 5.54 Å². The normalized spacial score (nSPS) is 22.7. The molecule has 21 heavy (non-hydrogen) atoms. The maximum absolute atomic E-state index is 6.26. The molecule has 0 radical (unpaired) electrons. The largest absolute Gasteiger partial charge is 0.385 e. The van der Waals surface area contributed by atoms with Gasteiger partial charge < -0.3 is 16.0 Å². The highest BCUT2D eigenvalue weighted by atomic mass is 32.1. The lowest BCUT2D eigenvalue weighted by molar-refractivity contribution is 0.449. The van der Waals surface area contributed by atoms with Gasteiger partial charge in [-0.3, -0.25) is 10.1 Å². The topological polar surface area (TPSA) is 94.7 Å². The Hall–Kier alpha value is -1.54. The summed E-state index contributed by atoms with van der Waals surface area (Å²) in [4.78, 5) is 11.4. The minimum absolute atomic E-state index is 0.499. The first-order chi connectivity index (χ1) is 10.1. The number of nitrogens with two attached hydrogens (primary N) is 1. The molecule has 7 nitrogen and oxygen atoms in total. The molecule has 0 aromatic carbocycles. The summed E-state index contributed by atoms with van der Waals surface area (Å²) in [6, 6.07) is 1.90. The zero-order valence-corrected chi connectivity index (χ0v) is 13.4. The number of aliphatic imine (C=N–C) groups is 2. The van der Waals surface area contributed by atoms with E-state index in [9.17, 15) is 0 Å². The van der Waals surface area contributed by atoms with Crippen LogP contribution in [0.15, 0.2) is 22.2 Å². The summed E-state index contributed by atoms with van der Waals surface area (Å²) in [5.74, 6) is 2.12. The summed E-state index contributed by atoms with van der Waals surface area (Å²) in [5.41, 5.74) is 6.44. The van der Waals surface area contributed by atoms with Crippen LogP contribution in [0.3, 0.4) is 0 Å². The van der Waals surface area contributed by atoms with Gasteiger partial charge in [0.05, 0.1) is 18.8 Å². The average Bonchev–Trinajstić information content (AvgIpc) is 3.11. The van der Waals surface area contributed by atoms with E-state index in [0.717, 1.165) is 18.1 Å². The molecular formula is C13H23N7S. The molecule has 0 aliphatic carbocycles. The van der Waals surface area contributed by atoms with Crippen molar-refractivity contribution in [2.24, 2.45) is 15.7 Å². The van der Waals surface area contributed by atoms with Crippen LogP contribution in [0.25, 0.3) is 0 Å². The van der Waals surface area contributed by atoms with Gasteiger partial charge in [0, 0.05) is 25.5 Å². The van der Waals surface area contributed by atoms with Crippen LogP contribution in [0, 0.1) is 0 Å². The molecule has 0 saturated heterocycles. The summed E-state index contributed by atoms with van der Waals surface area (Å²) in [5, 5.41) is 10.3. The number of rotatable bonds is 7. The number of hydrogen-bond acceptors (Lipinski definition) is 6. The number of aromatic nitrogens is 2. The minimum atomic E-state index is -0.682. The number of thiol groups is 1. The van der Waals surface area contributed by atoms with E-state index in [1.807, 2.05) is 13.1 Å². The quantitative estimate of drug-likeness (QED) is 0.320. The number of nitrogens with one attached hydrogen (secondary N) is 2. The molecule has 1 aromatic rings. The van der Waals surface area contributed by atoms with E-state index >= 15 is 0 Å². The monoisotopic (exact) mass is 309 g/mol. The fraction of sp³-hybridized carbons (Fsp3) is 0.615. The second-order valence-corrected chi connectivity index (χ2v) is 5.43. The van der Waals surface area contributed by atoms with Crippen LogP contribution in [-0.4, -0.2) is 65.7 Å². The summed E-state index contributed by atoms with van der Waals surface area (Å²) in [7, 11) is 2.01. The van der Waals surface area contributed by atoms with Crippen molar-refractivity contribution in [1.82, 2.24) is 20.4 Å². The Balaban J connectivity index is 2.37. The Kier molecular flexibility index (Phi) is 5.24. The lowest BCUT2D eigenvalue weighted by Crippen LogP contribution is -2.44. The van der Waals surface area contributed by atoms with Crippen molar-refractivity contribution < 1.29 is 0 Å². The summed E-state index contributed by atoms with van der Waals surface area (Å²) >= 11 is 4.18. The third-order valence-corrected chi connectivity index (χ3v) is 3.71. The standard InChI is InChI=1S/C13H23N7S/c1-3-15-8-11-18-13(9-20(11)2,10-4-5-17-19-10)12(14)16-6-7-21/h4-5,15,21H,3,6-9H2,1-2H3,(H2,14,16)(H,17,19). The highest BCUT2D eigenvalue weighted by Gasteiger charge is 2.44. The number of aromatic amines is 1. The number of likely N-dealkylation sites (N-methyl/N-ethyl adjacent to an activating group) is 2. The molecule has 1 atom stereocenters. The van der Waals surface area contributed by atoms with Gasteiger partial charge >= 0.3 is 0 Å². The van der Waals surface area contributed by atoms with Crippen molar-refractivity contribution >= 4 is 24.3 Å². The van der Waals surface area contributed by atoms with Crippen molar-refractivity contribution in [3.05, 3.63) is 18.0 Å². The van der Waals surface area contributed by atoms with Gasteiger partial charge in [0.25, 0.3) is 0 Å². The van der Waals surface area contributed by atoms with Gasteiger partial charge in [-0.2, -0.15) is 17.7 Å². The summed E-state index contributed by atoms with van der Waals surface area (Å²) in [6.07, 6.45) is 1.71. The van der Waals surface area contributed by atoms with Gasteiger partial charge in [0.15, 0.2) is 5.54 Å². The molecule has 116 valence electrons. The molecular weight excluding hydrogens is 286 g/mol. The van der Waals surface area contributed by atoms with Crippen LogP contribution in [0.5, 0.6) is 0 Å². The number of H-pyrrole nitrogens is 1. The van der Waals surface area contributed by atoms with Gasteiger partial charge in [-0.1, -0.05) is 6.92 Å². The molecule has 0 fully saturated rings. The second-order valence-electron chi connectivity index (χ2n) is 4.99. The van der Waals surface area contributed by atoms with Crippen LogP contribution in [0.1, 0.15) is 12.6 Å². The van der Waals surface area contributed by atoms with Gasteiger partial charge in [-0.25, -0.2) is 4.99 Å². The third-order valence-electron chi connectivity index (χ3n) is 3.51. The van der Waals surface area contributed by atoms with Gasteiger partial charge in [-0.15, -0.1) is 0 Å². The molecule has 2 rings (SSSR count). The van der Waals surface area contributed by atoms with Crippen molar-refractivity contribution in [2.45, 2.75) is 12.5 Å². The Morgan fingerprint density at radius 1 is 1.67 bits per heavy atom. The van der Waals surface area contributed by atoms with E-state index in [1.54, 1.807) is 6.20 Å². The minimum Gasteiger partial charge on any atom is -0.385 e. The fourth-order valence-electron chi connectivity index (χ4n) is 2.40. The highest BCUT2D eigenvalue weighted by molar-refractivity contribution is 7.80. The zero-order chi connectivity index (χ0) is 15.3. The van der Waals surface area contributed by atoms with E-state index in [-0.39, 0.29) is 0 Å². The Labute approximate surface area is 130 Å². The van der Waals surface area contributed by atoms with Crippen molar-refractivity contribution in [1.29, 1.82) is 0 Å². The van der Waals surface area contributed by atoms with Crippen LogP contribution in [0.2, 0.25) is 0 Å². The van der Waals surface area contributed by atoms with Gasteiger partial charge in [0.2, 0.25) is 0 Å². The summed E-state index contributed by atoms with van der Waals surface area (Å²) < 4.78 is 0. The molecule has 2 heterocycles. The van der Waals surface area contributed by atoms with E-state index in [2.05, 4.69) is 45.0 Å². The maximum Gasteiger partial charge on any atom is 0.177 e. The summed E-state index contributed by atoms with van der Waals surface area (Å²) in [6.45, 7) is 4.90. The first-order valence-corrected chi connectivity index (χ1v) is 7.69.